The first-order valence-corrected chi connectivity index (χ1v) is 5.98. The van der Waals surface area contributed by atoms with E-state index in [2.05, 4.69) is 5.32 Å². The summed E-state index contributed by atoms with van der Waals surface area (Å²) in [6, 6.07) is 4.56. The molecule has 102 valence electrons. The summed E-state index contributed by atoms with van der Waals surface area (Å²) in [5.74, 6) is -0.514. The van der Waals surface area contributed by atoms with Crippen molar-refractivity contribution in [3.05, 3.63) is 39.0 Å². The van der Waals surface area contributed by atoms with Gasteiger partial charge in [0.1, 0.15) is 10.1 Å². The van der Waals surface area contributed by atoms with Crippen LogP contribution < -0.4 is 10.5 Å². The lowest BCUT2D eigenvalue weighted by molar-refractivity contribution is -0.991. The van der Waals surface area contributed by atoms with Crippen molar-refractivity contribution in [2.75, 3.05) is 7.11 Å². The average Bonchev–Trinajstić information content (AvgIpc) is 2.64. The Bertz CT molecular complexity index is 560. The molecule has 1 aliphatic heterocycles. The van der Waals surface area contributed by atoms with E-state index in [4.69, 9.17) is 27.9 Å². The van der Waals surface area contributed by atoms with E-state index in [-0.39, 0.29) is 26.9 Å². The molecular weight excluding hydrogens is 295 g/mol. The highest BCUT2D eigenvalue weighted by Crippen LogP contribution is 2.36. The van der Waals surface area contributed by atoms with E-state index in [1.165, 1.54) is 19.2 Å². The van der Waals surface area contributed by atoms with Crippen LogP contribution in [-0.4, -0.2) is 24.5 Å². The third-order valence-electron chi connectivity index (χ3n) is 2.71. The van der Waals surface area contributed by atoms with Crippen molar-refractivity contribution in [3.8, 4) is 0 Å². The first-order chi connectivity index (χ1) is 8.97. The minimum Gasteiger partial charge on any atom is -0.595 e. The van der Waals surface area contributed by atoms with Crippen molar-refractivity contribution in [2.24, 2.45) is 0 Å². The van der Waals surface area contributed by atoms with Gasteiger partial charge in [0.2, 0.25) is 0 Å². The molecule has 0 aliphatic carbocycles. The maximum Gasteiger partial charge on any atom is 0.265 e. The second-order valence-corrected chi connectivity index (χ2v) is 4.57. The molecule has 6 nitrogen and oxygen atoms in total. The van der Waals surface area contributed by atoms with Crippen molar-refractivity contribution < 1.29 is 20.0 Å². The van der Waals surface area contributed by atoms with Gasteiger partial charge in [-0.3, -0.25) is 4.79 Å². The molecule has 0 saturated carbocycles. The largest absolute Gasteiger partial charge is 0.595 e. The van der Waals surface area contributed by atoms with Crippen LogP contribution in [0.1, 0.15) is 5.56 Å². The lowest BCUT2D eigenvalue weighted by atomic mass is 10.0. The van der Waals surface area contributed by atoms with Crippen molar-refractivity contribution in [2.45, 2.75) is 6.23 Å². The number of benzene rings is 1. The normalized spacial score (nSPS) is 20.7. The molecule has 1 aromatic rings. The maximum absolute atomic E-state index is 11.5. The van der Waals surface area contributed by atoms with Gasteiger partial charge in [0, 0.05) is 18.2 Å². The van der Waals surface area contributed by atoms with Crippen LogP contribution >= 0.6 is 23.2 Å². The molecule has 19 heavy (non-hydrogen) atoms. The highest BCUT2D eigenvalue weighted by molar-refractivity contribution is 6.47. The van der Waals surface area contributed by atoms with E-state index in [9.17, 15) is 15.2 Å². The summed E-state index contributed by atoms with van der Waals surface area (Å²) < 4.78 is 5.08. The third kappa shape index (κ3) is 2.46. The number of amides is 1. The van der Waals surface area contributed by atoms with Crippen molar-refractivity contribution in [1.29, 1.82) is 0 Å². The Labute approximate surface area is 118 Å². The van der Waals surface area contributed by atoms with Crippen molar-refractivity contribution in [3.63, 3.8) is 0 Å². The van der Waals surface area contributed by atoms with Gasteiger partial charge in [-0.1, -0.05) is 29.3 Å². The van der Waals surface area contributed by atoms with Crippen LogP contribution in [0.15, 0.2) is 23.2 Å². The van der Waals surface area contributed by atoms with Crippen LogP contribution in [0.3, 0.4) is 0 Å². The number of para-hydroxylation sites is 1. The van der Waals surface area contributed by atoms with Crippen molar-refractivity contribution in [1.82, 2.24) is 5.32 Å². The van der Waals surface area contributed by atoms with E-state index < -0.39 is 17.4 Å². The Kier molecular flexibility index (Phi) is 4.10. The number of ether oxygens (including phenoxy) is 1. The van der Waals surface area contributed by atoms with Crippen LogP contribution in [0.5, 0.6) is 0 Å². The van der Waals surface area contributed by atoms with Crippen molar-refractivity contribution >= 4 is 40.4 Å². The van der Waals surface area contributed by atoms with Gasteiger partial charge in [-0.2, -0.15) is 5.23 Å². The summed E-state index contributed by atoms with van der Waals surface area (Å²) in [6.45, 7) is 0. The number of rotatable bonds is 3. The van der Waals surface area contributed by atoms with Gasteiger partial charge in [0.25, 0.3) is 5.91 Å². The summed E-state index contributed by atoms with van der Waals surface area (Å²) in [5, 5.41) is 21.8. The summed E-state index contributed by atoms with van der Waals surface area (Å²) >= 11 is 11.8. The Hall–Kier alpha value is -1.15. The van der Waals surface area contributed by atoms with Crippen LogP contribution in [0.2, 0.25) is 5.02 Å². The topological polar surface area (TPSA) is 86.1 Å². The first-order valence-electron chi connectivity index (χ1n) is 5.23. The molecule has 0 saturated heterocycles. The van der Waals surface area contributed by atoms with Crippen LogP contribution in [0.25, 0.3) is 5.57 Å². The molecule has 8 heteroatoms. The summed E-state index contributed by atoms with van der Waals surface area (Å²) in [5.41, 5.74) is 0.417. The predicted octanol–water partition coefficient (Wildman–Crippen LogP) is 0.796. The zero-order valence-electron chi connectivity index (χ0n) is 9.74. The standard InChI is InChI=1S/C11H10Cl2N2O4/c1-19-11-7(8(13)10(16)14-11)5-3-2-4-6(12)9(5)15(17)18/h2-4,11,15,17H,1H3,(H,14,16). The van der Waals surface area contributed by atoms with E-state index in [1.807, 2.05) is 0 Å². The third-order valence-corrected chi connectivity index (χ3v) is 3.40. The van der Waals surface area contributed by atoms with Gasteiger partial charge >= 0.3 is 0 Å². The molecule has 2 atom stereocenters. The molecule has 1 heterocycles. The van der Waals surface area contributed by atoms with Gasteiger partial charge < -0.3 is 15.3 Å². The number of methoxy groups -OCH3 is 1. The second kappa shape index (κ2) is 5.46. The minimum absolute atomic E-state index is 0.0659. The molecule has 1 aromatic carbocycles. The van der Waals surface area contributed by atoms with Gasteiger partial charge in [0.15, 0.2) is 11.9 Å². The molecule has 0 fully saturated rings. The van der Waals surface area contributed by atoms with Crippen LogP contribution in [-0.2, 0) is 9.53 Å². The number of carbonyl (C=O) groups excluding carboxylic acids is 1. The van der Waals surface area contributed by atoms with Crippen LogP contribution in [0, 0.1) is 5.21 Å². The zero-order chi connectivity index (χ0) is 14.2. The quantitative estimate of drug-likeness (QED) is 0.721. The molecule has 1 aliphatic rings. The van der Waals surface area contributed by atoms with E-state index in [1.54, 1.807) is 6.07 Å². The smallest absolute Gasteiger partial charge is 0.265 e. The maximum atomic E-state index is 11.5. The van der Waals surface area contributed by atoms with E-state index in [0.29, 0.717) is 0 Å². The Morgan fingerprint density at radius 1 is 1.47 bits per heavy atom. The lowest BCUT2D eigenvalue weighted by Gasteiger charge is -2.20. The summed E-state index contributed by atoms with van der Waals surface area (Å²) in [6.07, 6.45) is -0.795. The lowest BCUT2D eigenvalue weighted by Crippen LogP contribution is -2.99. The molecule has 0 spiro atoms. The molecule has 2 rings (SSSR count). The zero-order valence-corrected chi connectivity index (χ0v) is 11.2. The van der Waals surface area contributed by atoms with E-state index in [0.717, 1.165) is 0 Å². The number of carbonyl (C=O) groups is 1. The molecule has 3 N–H and O–H groups in total. The molecule has 2 unspecified atom stereocenters. The predicted molar refractivity (Wildman–Crippen MR) is 68.9 cm³/mol. The second-order valence-electron chi connectivity index (χ2n) is 3.78. The summed E-state index contributed by atoms with van der Waals surface area (Å²) in [4.78, 5) is 11.5. The van der Waals surface area contributed by atoms with Gasteiger partial charge in [-0.25, -0.2) is 5.21 Å². The van der Waals surface area contributed by atoms with Crippen LogP contribution in [0.4, 0.5) is 5.69 Å². The number of halogens is 2. The number of quaternary nitrogens is 1. The molecule has 0 bridgehead atoms. The molecule has 0 aromatic heterocycles. The monoisotopic (exact) mass is 304 g/mol. The molecule has 1 amide bonds. The fourth-order valence-electron chi connectivity index (χ4n) is 1.89. The summed E-state index contributed by atoms with van der Waals surface area (Å²) in [7, 11) is 1.38. The Morgan fingerprint density at radius 2 is 2.16 bits per heavy atom. The van der Waals surface area contributed by atoms with Gasteiger partial charge in [-0.05, 0) is 12.1 Å². The fourth-order valence-corrected chi connectivity index (χ4v) is 2.41. The minimum atomic E-state index is -1.20. The van der Waals surface area contributed by atoms with Gasteiger partial charge in [0.05, 0.1) is 0 Å². The van der Waals surface area contributed by atoms with Gasteiger partial charge in [-0.15, -0.1) is 0 Å². The Balaban J connectivity index is 2.65. The first kappa shape index (κ1) is 14.3. The Morgan fingerprint density at radius 3 is 2.74 bits per heavy atom. The SMILES string of the molecule is COC1NC(=O)C(Cl)=C1c1cccc(Cl)c1[NH+]([O-])O. The number of nitrogens with one attached hydrogen (secondary N) is 2. The number of hydrogen-bond acceptors (Lipinski definition) is 4. The highest BCUT2D eigenvalue weighted by atomic mass is 35.5. The average molecular weight is 305 g/mol. The van der Waals surface area contributed by atoms with E-state index >= 15 is 0 Å². The fraction of sp³-hybridized carbons (Fsp3) is 0.182. The molecule has 0 radical (unpaired) electrons. The highest BCUT2D eigenvalue weighted by Gasteiger charge is 2.34. The molecular formula is C11H10Cl2N2O4. The number of hydrogen-bond donors (Lipinski definition) is 3.